The average molecular weight is 413 g/mol. The summed E-state index contributed by atoms with van der Waals surface area (Å²) in [5, 5.41) is 26.3. The first kappa shape index (κ1) is 19.8. The fourth-order valence-corrected chi connectivity index (χ4v) is 3.01. The lowest BCUT2D eigenvalue weighted by Gasteiger charge is -2.07. The Morgan fingerprint density at radius 3 is 2.61 bits per heavy atom. The maximum Gasteiger partial charge on any atom is 0.253 e. The molecule has 152 valence electrons. The Morgan fingerprint density at radius 1 is 1.13 bits per heavy atom. The van der Waals surface area contributed by atoms with Crippen molar-refractivity contribution in [2.24, 2.45) is 0 Å². The van der Waals surface area contributed by atoms with E-state index in [1.807, 2.05) is 30.3 Å². The van der Waals surface area contributed by atoms with Crippen LogP contribution in [0.1, 0.15) is 21.5 Å². The molecule has 0 aliphatic carbocycles. The first-order chi connectivity index (χ1) is 15.1. The summed E-state index contributed by atoms with van der Waals surface area (Å²) >= 11 is 0. The zero-order valence-corrected chi connectivity index (χ0v) is 16.2. The van der Waals surface area contributed by atoms with Crippen molar-refractivity contribution in [1.29, 1.82) is 5.26 Å². The number of hydrogen-bond acceptors (Lipinski definition) is 5. The maximum atomic E-state index is 13.9. The van der Waals surface area contributed by atoms with Crippen LogP contribution < -0.4 is 5.32 Å². The molecule has 31 heavy (non-hydrogen) atoms. The highest BCUT2D eigenvalue weighted by Crippen LogP contribution is 2.31. The van der Waals surface area contributed by atoms with Gasteiger partial charge in [0.1, 0.15) is 11.9 Å². The van der Waals surface area contributed by atoms with E-state index in [0.29, 0.717) is 17.7 Å². The van der Waals surface area contributed by atoms with Gasteiger partial charge in [-0.2, -0.15) is 15.0 Å². The molecule has 0 radical (unpaired) electrons. The third-order valence-electron chi connectivity index (χ3n) is 4.67. The Bertz CT molecular complexity index is 1280. The molecule has 0 aliphatic rings. The van der Waals surface area contributed by atoms with Crippen LogP contribution in [0.2, 0.25) is 0 Å². The lowest BCUT2D eigenvalue weighted by Crippen LogP contribution is -2.23. The molecule has 7 nitrogen and oxygen atoms in total. The molecule has 8 heteroatoms. The number of rotatable bonds is 5. The van der Waals surface area contributed by atoms with Crippen molar-refractivity contribution in [2.45, 2.75) is 6.54 Å². The minimum absolute atomic E-state index is 0.0848. The number of aromatic nitrogens is 3. The Balaban J connectivity index is 1.51. The van der Waals surface area contributed by atoms with E-state index >= 15 is 0 Å². The third kappa shape index (κ3) is 4.11. The largest absolute Gasteiger partial charge is 0.493 e. The highest BCUT2D eigenvalue weighted by molar-refractivity contribution is 5.93. The Hall–Kier alpha value is -4.51. The van der Waals surface area contributed by atoms with E-state index in [1.165, 1.54) is 29.2 Å². The molecule has 2 aromatic carbocycles. The first-order valence-electron chi connectivity index (χ1n) is 9.32. The predicted molar refractivity (Wildman–Crippen MR) is 111 cm³/mol. The average Bonchev–Trinajstić information content (AvgIpc) is 3.19. The fourth-order valence-electron chi connectivity index (χ4n) is 3.01. The van der Waals surface area contributed by atoms with E-state index in [2.05, 4.69) is 15.4 Å². The molecule has 0 spiro atoms. The van der Waals surface area contributed by atoms with Gasteiger partial charge in [-0.05, 0) is 35.4 Å². The molecule has 0 atom stereocenters. The van der Waals surface area contributed by atoms with Crippen molar-refractivity contribution in [3.05, 3.63) is 95.6 Å². The molecule has 2 aromatic heterocycles. The smallest absolute Gasteiger partial charge is 0.253 e. The summed E-state index contributed by atoms with van der Waals surface area (Å²) in [5.74, 6) is -0.909. The third-order valence-corrected chi connectivity index (χ3v) is 4.67. The van der Waals surface area contributed by atoms with Gasteiger partial charge < -0.3 is 10.4 Å². The summed E-state index contributed by atoms with van der Waals surface area (Å²) in [6, 6.07) is 18.4. The van der Waals surface area contributed by atoms with E-state index in [1.54, 1.807) is 18.2 Å². The molecule has 0 aliphatic heterocycles. The van der Waals surface area contributed by atoms with Gasteiger partial charge in [-0.15, -0.1) is 0 Å². The van der Waals surface area contributed by atoms with Gasteiger partial charge in [-0.3, -0.25) is 4.79 Å². The Morgan fingerprint density at radius 2 is 1.94 bits per heavy atom. The highest BCUT2D eigenvalue weighted by atomic mass is 19.1. The van der Waals surface area contributed by atoms with E-state index in [4.69, 9.17) is 5.26 Å². The van der Waals surface area contributed by atoms with Crippen LogP contribution in [0, 0.1) is 17.1 Å². The lowest BCUT2D eigenvalue weighted by molar-refractivity contribution is 0.0950. The number of hydrogen-bond donors (Lipinski definition) is 2. The van der Waals surface area contributed by atoms with Crippen LogP contribution in [0.5, 0.6) is 5.88 Å². The van der Waals surface area contributed by atoms with E-state index in [0.717, 1.165) is 11.6 Å². The minimum Gasteiger partial charge on any atom is -0.493 e. The van der Waals surface area contributed by atoms with Crippen LogP contribution in [-0.2, 0) is 6.54 Å². The number of benzene rings is 2. The molecule has 0 fully saturated rings. The summed E-state index contributed by atoms with van der Waals surface area (Å²) in [5.41, 5.74) is 1.92. The molecular formula is C23H16FN5O2. The summed E-state index contributed by atoms with van der Waals surface area (Å²) in [4.78, 5) is 16.5. The molecule has 2 heterocycles. The van der Waals surface area contributed by atoms with Crippen LogP contribution in [0.15, 0.2) is 73.1 Å². The number of halogens is 1. The fraction of sp³-hybridized carbons (Fsp3) is 0.0435. The van der Waals surface area contributed by atoms with Crippen LogP contribution in [0.4, 0.5) is 4.39 Å². The van der Waals surface area contributed by atoms with Gasteiger partial charge >= 0.3 is 0 Å². The molecule has 0 saturated heterocycles. The number of amides is 1. The summed E-state index contributed by atoms with van der Waals surface area (Å²) in [6.07, 6.45) is 2.76. The van der Waals surface area contributed by atoms with Crippen LogP contribution >= 0.6 is 0 Å². The Labute approximate surface area is 177 Å². The van der Waals surface area contributed by atoms with Crippen molar-refractivity contribution in [1.82, 2.24) is 20.1 Å². The van der Waals surface area contributed by atoms with Gasteiger partial charge in [0.05, 0.1) is 22.9 Å². The van der Waals surface area contributed by atoms with E-state index in [-0.39, 0.29) is 28.7 Å². The number of aromatic hydroxyl groups is 1. The summed E-state index contributed by atoms with van der Waals surface area (Å²) in [6.45, 7) is 0.395. The maximum absolute atomic E-state index is 13.9. The minimum atomic E-state index is -0.684. The standard InChI is InChI=1S/C23H16FN5O2/c24-20-10-16(6-7-17(20)11-25)19-14-28-29(23(19)31)21-9-8-18(13-26-21)22(30)27-12-15-4-2-1-3-5-15/h1-10,13-14,31H,12H2,(H,27,30). The number of carbonyl (C=O) groups excluding carboxylic acids is 1. The second-order valence-corrected chi connectivity index (χ2v) is 6.67. The number of carbonyl (C=O) groups is 1. The molecule has 0 unspecified atom stereocenters. The van der Waals surface area contributed by atoms with Gasteiger partial charge in [0.2, 0.25) is 5.88 Å². The highest BCUT2D eigenvalue weighted by Gasteiger charge is 2.16. The second-order valence-electron chi connectivity index (χ2n) is 6.67. The van der Waals surface area contributed by atoms with E-state index < -0.39 is 5.82 Å². The molecular weight excluding hydrogens is 397 g/mol. The van der Waals surface area contributed by atoms with Crippen molar-refractivity contribution in [2.75, 3.05) is 0 Å². The van der Waals surface area contributed by atoms with Crippen molar-refractivity contribution in [3.63, 3.8) is 0 Å². The monoisotopic (exact) mass is 413 g/mol. The predicted octanol–water partition coefficient (Wildman–Crippen LogP) is 3.58. The Kier molecular flexibility index (Phi) is 5.41. The normalized spacial score (nSPS) is 10.5. The quantitative estimate of drug-likeness (QED) is 0.520. The van der Waals surface area contributed by atoms with Gasteiger partial charge in [0, 0.05) is 12.7 Å². The lowest BCUT2D eigenvalue weighted by atomic mass is 10.1. The van der Waals surface area contributed by atoms with Crippen LogP contribution in [0.25, 0.3) is 16.9 Å². The summed E-state index contributed by atoms with van der Waals surface area (Å²) in [7, 11) is 0. The number of nitrogens with one attached hydrogen (secondary N) is 1. The van der Waals surface area contributed by atoms with Crippen molar-refractivity contribution < 1.29 is 14.3 Å². The van der Waals surface area contributed by atoms with Gasteiger partial charge in [0.25, 0.3) is 5.91 Å². The van der Waals surface area contributed by atoms with Gasteiger partial charge in [0.15, 0.2) is 5.82 Å². The SMILES string of the molecule is N#Cc1ccc(-c2cnn(-c3ccc(C(=O)NCc4ccccc4)cn3)c2O)cc1F. The van der Waals surface area contributed by atoms with Crippen LogP contribution in [0.3, 0.4) is 0 Å². The van der Waals surface area contributed by atoms with Crippen molar-refractivity contribution in [3.8, 4) is 28.9 Å². The van der Waals surface area contributed by atoms with Gasteiger partial charge in [-0.25, -0.2) is 9.37 Å². The molecule has 2 N–H and O–H groups in total. The number of pyridine rings is 1. The summed E-state index contributed by atoms with van der Waals surface area (Å²) < 4.78 is 15.1. The molecule has 0 bridgehead atoms. The topological polar surface area (TPSA) is 104 Å². The van der Waals surface area contributed by atoms with Crippen molar-refractivity contribution >= 4 is 5.91 Å². The number of nitrogens with zero attached hydrogens (tertiary/aromatic N) is 4. The molecule has 4 rings (SSSR count). The molecule has 1 amide bonds. The molecule has 0 saturated carbocycles. The zero-order valence-electron chi connectivity index (χ0n) is 16.2. The van der Waals surface area contributed by atoms with Gasteiger partial charge in [-0.1, -0.05) is 36.4 Å². The van der Waals surface area contributed by atoms with E-state index in [9.17, 15) is 14.3 Å². The van der Waals surface area contributed by atoms with Crippen LogP contribution in [-0.4, -0.2) is 25.8 Å². The zero-order chi connectivity index (χ0) is 21.8. The first-order valence-corrected chi connectivity index (χ1v) is 9.32. The second kappa shape index (κ2) is 8.47. The molecule has 4 aromatic rings. The number of nitriles is 1.